The lowest BCUT2D eigenvalue weighted by Gasteiger charge is -2.40. The van der Waals surface area contributed by atoms with Gasteiger partial charge in [0.2, 0.25) is 11.8 Å². The number of fused-ring (bicyclic) bond motifs is 2. The van der Waals surface area contributed by atoms with E-state index in [9.17, 15) is 32.3 Å². The van der Waals surface area contributed by atoms with Crippen LogP contribution in [0.15, 0.2) is 59.5 Å². The third kappa shape index (κ3) is 8.17. The van der Waals surface area contributed by atoms with Crippen LogP contribution in [0.2, 0.25) is 0 Å². The van der Waals surface area contributed by atoms with Gasteiger partial charge in [-0.2, -0.15) is 18.3 Å². The molecule has 1 atom stereocenters. The number of pyridine rings is 1. The van der Waals surface area contributed by atoms with Crippen molar-refractivity contribution in [3.05, 3.63) is 76.6 Å². The molecule has 1 unspecified atom stereocenters. The van der Waals surface area contributed by atoms with E-state index in [0.717, 1.165) is 92.0 Å². The molecule has 6 heterocycles. The van der Waals surface area contributed by atoms with Gasteiger partial charge in [0.1, 0.15) is 17.4 Å². The van der Waals surface area contributed by atoms with E-state index in [-0.39, 0.29) is 29.8 Å². The first-order valence-corrected chi connectivity index (χ1v) is 21.5. The third-order valence-corrected chi connectivity index (χ3v) is 13.3. The Morgan fingerprint density at radius 3 is 2.37 bits per heavy atom. The topological polar surface area (TPSA) is 152 Å². The normalized spacial score (nSPS) is 21.9. The SMILES string of the molecule is CN(CC1CCC(n2cc3cc(NC(=O)c4cccc(C(F)(F)F)n4)c(N4CCOCC4)cc3n2)CC1)C1CCN(c2cccc3c2n(C)c(=O)n3C2CCC(=O)NC2=O)CC1. The van der Waals surface area contributed by atoms with Crippen molar-refractivity contribution >= 4 is 56.7 Å². The molecule has 0 radical (unpaired) electrons. The zero-order chi connectivity index (χ0) is 43.3. The molecule has 1 aliphatic carbocycles. The lowest BCUT2D eigenvalue weighted by Crippen LogP contribution is -2.45. The zero-order valence-electron chi connectivity index (χ0n) is 34.9. The van der Waals surface area contributed by atoms with Crippen LogP contribution >= 0.6 is 0 Å². The predicted octanol–water partition coefficient (Wildman–Crippen LogP) is 5.50. The number of hydrogen-bond donors (Lipinski definition) is 2. The Morgan fingerprint density at radius 1 is 0.919 bits per heavy atom. The Kier molecular flexibility index (Phi) is 11.3. The van der Waals surface area contributed by atoms with Crippen molar-refractivity contribution in [2.45, 2.75) is 75.7 Å². The standard InChI is InChI=1S/C44H51F3N10O5/c1-52(29-15-17-54(18-16-29)34-6-4-7-35-40(34)53(2)43(61)57(35)36-13-14-39(58)50-42(36)60)25-27-9-11-30(12-10-27)56-26-28-23-33(37(24-32(28)51-56)55-19-21-62-22-20-55)49-41(59)31-5-3-8-38(48-31)44(45,46)47/h3-8,23-24,26-27,29-30,36H,9-22,25H2,1-2H3,(H,49,59)(H,50,58,60). The van der Waals surface area contributed by atoms with Crippen molar-refractivity contribution in [2.75, 3.05) is 68.1 Å². The Balaban J connectivity index is 0.828. The summed E-state index contributed by atoms with van der Waals surface area (Å²) in [7, 11) is 3.97. The van der Waals surface area contributed by atoms with Gasteiger partial charge in [0.15, 0.2) is 0 Å². The summed E-state index contributed by atoms with van der Waals surface area (Å²) in [4.78, 5) is 61.9. The molecule has 3 saturated heterocycles. The monoisotopic (exact) mass is 856 g/mol. The number of imide groups is 1. The molecule has 2 N–H and O–H groups in total. The van der Waals surface area contributed by atoms with Gasteiger partial charge in [0.05, 0.1) is 52.9 Å². The molecule has 1 saturated carbocycles. The molecule has 3 amide bonds. The Labute approximate surface area is 355 Å². The maximum absolute atomic E-state index is 13.5. The summed E-state index contributed by atoms with van der Waals surface area (Å²) < 4.78 is 50.9. The minimum atomic E-state index is -4.67. The summed E-state index contributed by atoms with van der Waals surface area (Å²) in [6, 6.07) is 12.9. The molecule has 4 aliphatic rings. The largest absolute Gasteiger partial charge is 0.433 e. The van der Waals surface area contributed by atoms with Gasteiger partial charge in [-0.1, -0.05) is 12.1 Å². The van der Waals surface area contributed by atoms with Crippen LogP contribution in [0.3, 0.4) is 0 Å². The third-order valence-electron chi connectivity index (χ3n) is 13.3. The van der Waals surface area contributed by atoms with Gasteiger partial charge in [0.25, 0.3) is 5.91 Å². The molecule has 9 rings (SSSR count). The zero-order valence-corrected chi connectivity index (χ0v) is 34.9. The summed E-state index contributed by atoms with van der Waals surface area (Å²) in [5, 5.41) is 11.1. The van der Waals surface area contributed by atoms with Gasteiger partial charge in [-0.15, -0.1) is 0 Å². The number of alkyl halides is 3. The van der Waals surface area contributed by atoms with E-state index in [4.69, 9.17) is 9.84 Å². The van der Waals surface area contributed by atoms with Crippen LogP contribution in [-0.4, -0.2) is 106 Å². The molecule has 328 valence electrons. The number of carbonyl (C=O) groups excluding carboxylic acids is 3. The first-order chi connectivity index (χ1) is 29.8. The number of halogens is 3. The first kappa shape index (κ1) is 41.6. The molecule has 3 aliphatic heterocycles. The Bertz CT molecular complexity index is 2560. The minimum Gasteiger partial charge on any atom is -0.378 e. The summed E-state index contributed by atoms with van der Waals surface area (Å²) in [6.45, 7) is 4.89. The average Bonchev–Trinajstić information content (AvgIpc) is 3.80. The van der Waals surface area contributed by atoms with Gasteiger partial charge in [-0.25, -0.2) is 9.78 Å². The Hall–Kier alpha value is -5.75. The van der Waals surface area contributed by atoms with Crippen molar-refractivity contribution in [1.82, 2.24) is 34.1 Å². The van der Waals surface area contributed by atoms with Crippen molar-refractivity contribution in [1.29, 1.82) is 0 Å². The number of nitrogens with one attached hydrogen (secondary N) is 2. The minimum absolute atomic E-state index is 0.198. The highest BCUT2D eigenvalue weighted by atomic mass is 19.4. The van der Waals surface area contributed by atoms with Crippen LogP contribution in [0.4, 0.5) is 30.2 Å². The molecule has 15 nitrogen and oxygen atoms in total. The number of hydrogen-bond acceptors (Lipinski definition) is 10. The summed E-state index contributed by atoms with van der Waals surface area (Å²) >= 11 is 0. The fourth-order valence-corrected chi connectivity index (χ4v) is 9.94. The maximum atomic E-state index is 13.5. The molecule has 5 aromatic rings. The number of nitrogens with zero attached hydrogens (tertiary/aromatic N) is 8. The van der Waals surface area contributed by atoms with E-state index in [1.165, 1.54) is 12.1 Å². The van der Waals surface area contributed by atoms with Gasteiger partial charge in [-0.3, -0.25) is 33.5 Å². The van der Waals surface area contributed by atoms with Gasteiger partial charge >= 0.3 is 11.9 Å². The number of amides is 3. The Morgan fingerprint density at radius 2 is 1.65 bits per heavy atom. The van der Waals surface area contributed by atoms with E-state index >= 15 is 0 Å². The maximum Gasteiger partial charge on any atom is 0.433 e. The van der Waals surface area contributed by atoms with Crippen LogP contribution < -0.4 is 26.1 Å². The number of ether oxygens (including phenoxy) is 1. The smallest absolute Gasteiger partial charge is 0.378 e. The quantitative estimate of drug-likeness (QED) is 0.182. The number of piperidine rings is 2. The molecule has 0 spiro atoms. The van der Waals surface area contributed by atoms with Crippen molar-refractivity contribution in [3.63, 3.8) is 0 Å². The van der Waals surface area contributed by atoms with Crippen molar-refractivity contribution < 1.29 is 32.3 Å². The fourth-order valence-electron chi connectivity index (χ4n) is 9.94. The van der Waals surface area contributed by atoms with E-state index in [1.54, 1.807) is 16.2 Å². The highest BCUT2D eigenvalue weighted by Crippen LogP contribution is 2.38. The van der Waals surface area contributed by atoms with Gasteiger partial charge < -0.3 is 24.8 Å². The van der Waals surface area contributed by atoms with Crippen LogP contribution in [0.1, 0.15) is 79.6 Å². The number of benzene rings is 2. The average molecular weight is 857 g/mol. The van der Waals surface area contributed by atoms with Crippen molar-refractivity contribution in [2.24, 2.45) is 13.0 Å². The second kappa shape index (κ2) is 16.8. The summed E-state index contributed by atoms with van der Waals surface area (Å²) in [5.74, 6) is -0.927. The van der Waals surface area contributed by atoms with E-state index in [0.29, 0.717) is 55.9 Å². The number of aryl methyl sites for hydroxylation is 1. The number of aromatic nitrogens is 5. The van der Waals surface area contributed by atoms with Crippen LogP contribution in [0.25, 0.3) is 21.9 Å². The molecular weight excluding hydrogens is 806 g/mol. The van der Waals surface area contributed by atoms with E-state index in [1.807, 2.05) is 41.2 Å². The number of imidazole rings is 1. The molecule has 3 aromatic heterocycles. The highest BCUT2D eigenvalue weighted by molar-refractivity contribution is 6.06. The molecule has 2 aromatic carbocycles. The number of para-hydroxylation sites is 1. The summed E-state index contributed by atoms with van der Waals surface area (Å²) in [5.41, 5.74) is 2.75. The predicted molar refractivity (Wildman–Crippen MR) is 227 cm³/mol. The van der Waals surface area contributed by atoms with Gasteiger partial charge in [-0.05, 0) is 94.3 Å². The number of anilines is 3. The second-order valence-electron chi connectivity index (χ2n) is 17.2. The molecular formula is C44H51F3N10O5. The summed E-state index contributed by atoms with van der Waals surface area (Å²) in [6.07, 6.45) is 3.88. The lowest BCUT2D eigenvalue weighted by molar-refractivity contribution is -0.141. The first-order valence-electron chi connectivity index (χ1n) is 21.5. The van der Waals surface area contributed by atoms with Crippen LogP contribution in [0, 0.1) is 5.92 Å². The van der Waals surface area contributed by atoms with Gasteiger partial charge in [0, 0.05) is 63.8 Å². The lowest BCUT2D eigenvalue weighted by atomic mass is 9.85. The molecule has 4 fully saturated rings. The van der Waals surface area contributed by atoms with Crippen LogP contribution in [0.5, 0.6) is 0 Å². The van der Waals surface area contributed by atoms with Crippen LogP contribution in [-0.2, 0) is 27.5 Å². The molecule has 18 heteroatoms. The van der Waals surface area contributed by atoms with Crippen molar-refractivity contribution in [3.8, 4) is 0 Å². The van der Waals surface area contributed by atoms with E-state index < -0.39 is 29.7 Å². The fraction of sp³-hybridized carbons (Fsp3) is 0.500. The number of rotatable bonds is 9. The number of carbonyl (C=O) groups is 3. The molecule has 62 heavy (non-hydrogen) atoms. The number of morpholine rings is 1. The molecule has 0 bridgehead atoms. The second-order valence-corrected chi connectivity index (χ2v) is 17.2. The highest BCUT2D eigenvalue weighted by Gasteiger charge is 2.35. The van der Waals surface area contributed by atoms with E-state index in [2.05, 4.69) is 37.4 Å².